The lowest BCUT2D eigenvalue weighted by Gasteiger charge is -2.41. The number of ether oxygens (including phenoxy) is 3. The molecule has 0 spiro atoms. The number of para-hydroxylation sites is 1. The van der Waals surface area contributed by atoms with E-state index < -0.39 is 45.4 Å². The van der Waals surface area contributed by atoms with Gasteiger partial charge in [-0.05, 0) is 78.0 Å². The molecule has 224 valence electrons. The number of carbonyl (C=O) groups is 2. The van der Waals surface area contributed by atoms with Gasteiger partial charge in [-0.1, -0.05) is 42.5 Å². The number of hydrogen-bond donors (Lipinski definition) is 1. The number of benzene rings is 2. The Kier molecular flexibility index (Phi) is 10.3. The Morgan fingerprint density at radius 2 is 1.68 bits per heavy atom. The normalized spacial score (nSPS) is 18.3. The van der Waals surface area contributed by atoms with Crippen molar-refractivity contribution in [3.8, 4) is 16.9 Å². The van der Waals surface area contributed by atoms with Crippen LogP contribution in [-0.4, -0.2) is 61.5 Å². The molecule has 3 rings (SSSR count). The fourth-order valence-corrected chi connectivity index (χ4v) is 5.51. The molecule has 0 aromatic heterocycles. The van der Waals surface area contributed by atoms with Gasteiger partial charge in [0.1, 0.15) is 17.0 Å². The van der Waals surface area contributed by atoms with Crippen molar-refractivity contribution in [2.24, 2.45) is 0 Å². The van der Waals surface area contributed by atoms with Crippen molar-refractivity contribution in [3.63, 3.8) is 0 Å². The van der Waals surface area contributed by atoms with Crippen molar-refractivity contribution < 1.29 is 32.2 Å². The fraction of sp³-hybridized carbons (Fsp3) is 0.484. The summed E-state index contributed by atoms with van der Waals surface area (Å²) in [5.74, 6) is 0.0467. The van der Waals surface area contributed by atoms with E-state index in [0.29, 0.717) is 31.6 Å². The second-order valence-corrected chi connectivity index (χ2v) is 14.0. The minimum Gasteiger partial charge on any atom is -0.464 e. The maximum Gasteiger partial charge on any atom is 0.410 e. The third-order valence-corrected chi connectivity index (χ3v) is 6.88. The second-order valence-electron chi connectivity index (χ2n) is 12.2. The zero-order valence-electron chi connectivity index (χ0n) is 25.0. The van der Waals surface area contributed by atoms with Gasteiger partial charge in [-0.15, -0.1) is 0 Å². The third-order valence-electron chi connectivity index (χ3n) is 6.15. The third kappa shape index (κ3) is 10.5. The number of piperidine rings is 1. The number of nitrogens with zero attached hydrogens (tertiary/aromatic N) is 1. The molecule has 9 nitrogen and oxygen atoms in total. The van der Waals surface area contributed by atoms with Gasteiger partial charge in [-0.3, -0.25) is 0 Å². The van der Waals surface area contributed by atoms with Crippen LogP contribution in [0.25, 0.3) is 11.1 Å². The number of hydrogen-bond acceptors (Lipinski definition) is 7. The van der Waals surface area contributed by atoms with E-state index in [0.717, 1.165) is 22.9 Å². The Balaban J connectivity index is 1.87. The van der Waals surface area contributed by atoms with E-state index in [2.05, 4.69) is 4.72 Å². The first kappa shape index (κ1) is 32.1. The lowest BCUT2D eigenvalue weighted by molar-refractivity contribution is -0.148. The average Bonchev–Trinajstić information content (AvgIpc) is 2.82. The molecule has 2 unspecified atom stereocenters. The summed E-state index contributed by atoms with van der Waals surface area (Å²) in [6, 6.07) is 14.4. The lowest BCUT2D eigenvalue weighted by atomic mass is 9.90. The van der Waals surface area contributed by atoms with Gasteiger partial charge in [0.05, 0.1) is 24.6 Å². The first-order valence-corrected chi connectivity index (χ1v) is 15.6. The Morgan fingerprint density at radius 1 is 1.00 bits per heavy atom. The summed E-state index contributed by atoms with van der Waals surface area (Å²) in [4.78, 5) is 26.8. The highest BCUT2D eigenvalue weighted by molar-refractivity contribution is 7.88. The van der Waals surface area contributed by atoms with Crippen LogP contribution in [0.2, 0.25) is 0 Å². The largest absolute Gasteiger partial charge is 0.464 e. The predicted molar refractivity (Wildman–Crippen MR) is 159 cm³/mol. The van der Waals surface area contributed by atoms with Crippen LogP contribution in [0.4, 0.5) is 4.79 Å². The van der Waals surface area contributed by atoms with Crippen molar-refractivity contribution in [3.05, 3.63) is 66.4 Å². The van der Waals surface area contributed by atoms with Crippen LogP contribution >= 0.6 is 0 Å². The van der Waals surface area contributed by atoms with Crippen LogP contribution in [0.1, 0.15) is 59.9 Å². The molecule has 1 saturated heterocycles. The maximum atomic E-state index is 13.2. The highest BCUT2D eigenvalue weighted by atomic mass is 32.2. The van der Waals surface area contributed by atoms with Crippen LogP contribution < -0.4 is 9.46 Å². The van der Waals surface area contributed by atoms with Gasteiger partial charge >= 0.3 is 12.1 Å². The summed E-state index contributed by atoms with van der Waals surface area (Å²) in [6.45, 7) is 11.3. The summed E-state index contributed by atoms with van der Waals surface area (Å²) >= 11 is 0. The molecule has 10 heteroatoms. The number of likely N-dealkylation sites (tertiary alicyclic amines) is 1. The van der Waals surface area contributed by atoms with Crippen LogP contribution in [0.5, 0.6) is 5.75 Å². The van der Waals surface area contributed by atoms with Crippen LogP contribution in [0.15, 0.2) is 60.9 Å². The molecule has 1 aliphatic rings. The lowest BCUT2D eigenvalue weighted by Crippen LogP contribution is -2.58. The van der Waals surface area contributed by atoms with Gasteiger partial charge in [0.2, 0.25) is 10.0 Å². The Bertz CT molecular complexity index is 1360. The van der Waals surface area contributed by atoms with Gasteiger partial charge in [-0.25, -0.2) is 22.7 Å². The molecule has 2 atom stereocenters. The van der Waals surface area contributed by atoms with Gasteiger partial charge < -0.3 is 19.1 Å². The van der Waals surface area contributed by atoms with Crippen molar-refractivity contribution in [2.45, 2.75) is 84.1 Å². The Labute approximate surface area is 243 Å². The van der Waals surface area contributed by atoms with Gasteiger partial charge in [0.25, 0.3) is 0 Å². The van der Waals surface area contributed by atoms with E-state index in [1.54, 1.807) is 31.7 Å². The first-order chi connectivity index (χ1) is 19.0. The molecule has 0 saturated carbocycles. The smallest absolute Gasteiger partial charge is 0.410 e. The van der Waals surface area contributed by atoms with E-state index >= 15 is 0 Å². The topological polar surface area (TPSA) is 111 Å². The molecule has 0 radical (unpaired) electrons. The van der Waals surface area contributed by atoms with Crippen molar-refractivity contribution in [1.29, 1.82) is 0 Å². The molecule has 2 aromatic carbocycles. The quantitative estimate of drug-likeness (QED) is 0.249. The average molecular weight is 587 g/mol. The van der Waals surface area contributed by atoms with Crippen molar-refractivity contribution in [2.75, 3.05) is 12.8 Å². The predicted octanol–water partition coefficient (Wildman–Crippen LogP) is 5.45. The number of amides is 1. The maximum absolute atomic E-state index is 13.2. The molecule has 1 fully saturated rings. The van der Waals surface area contributed by atoms with Gasteiger partial charge in [-0.2, -0.15) is 0 Å². The van der Waals surface area contributed by atoms with Crippen molar-refractivity contribution >= 4 is 22.1 Å². The number of carbonyl (C=O) groups excluding carboxylic acids is 2. The molecule has 0 aliphatic carbocycles. The molecular weight excluding hydrogens is 544 g/mol. The molecule has 1 N–H and O–H groups in total. The highest BCUT2D eigenvalue weighted by Crippen LogP contribution is 2.32. The van der Waals surface area contributed by atoms with Crippen molar-refractivity contribution in [1.82, 2.24) is 9.62 Å². The number of sulfonamides is 1. The molecule has 0 bridgehead atoms. The minimum absolute atomic E-state index is 0.418. The molecule has 41 heavy (non-hydrogen) atoms. The van der Waals surface area contributed by atoms with Crippen LogP contribution in [-0.2, 0) is 30.7 Å². The SMILES string of the molecule is CC(C)(C)OC(=O)/C=C\Oc1ccccc1-c1cccc(CC2C(NS(C)(=O)=O)CCCN2C(=O)OC(C)(C)C)c1. The van der Waals surface area contributed by atoms with E-state index in [4.69, 9.17) is 14.2 Å². The summed E-state index contributed by atoms with van der Waals surface area (Å²) in [5.41, 5.74) is 1.31. The zero-order chi connectivity index (χ0) is 30.4. The Morgan fingerprint density at radius 3 is 2.34 bits per heavy atom. The summed E-state index contributed by atoms with van der Waals surface area (Å²) in [6.07, 6.45) is 4.89. The van der Waals surface area contributed by atoms with E-state index in [1.807, 2.05) is 63.2 Å². The van der Waals surface area contributed by atoms with E-state index in [-0.39, 0.29) is 0 Å². The molecular formula is C31H42N2O7S. The second kappa shape index (κ2) is 13.1. The highest BCUT2D eigenvalue weighted by Gasteiger charge is 2.37. The fourth-order valence-electron chi connectivity index (χ4n) is 4.68. The summed E-state index contributed by atoms with van der Waals surface area (Å²) in [7, 11) is -3.50. The number of esters is 1. The summed E-state index contributed by atoms with van der Waals surface area (Å²) in [5, 5.41) is 0. The molecule has 1 aliphatic heterocycles. The zero-order valence-corrected chi connectivity index (χ0v) is 25.8. The monoisotopic (exact) mass is 586 g/mol. The van der Waals surface area contributed by atoms with E-state index in [9.17, 15) is 18.0 Å². The molecule has 1 amide bonds. The van der Waals surface area contributed by atoms with Crippen LogP contribution in [0.3, 0.4) is 0 Å². The number of rotatable bonds is 8. The number of nitrogens with one attached hydrogen (secondary N) is 1. The minimum atomic E-state index is -3.50. The van der Waals surface area contributed by atoms with Gasteiger partial charge in [0, 0.05) is 18.2 Å². The summed E-state index contributed by atoms with van der Waals surface area (Å²) < 4.78 is 43.9. The van der Waals surface area contributed by atoms with Crippen LogP contribution in [0, 0.1) is 0 Å². The first-order valence-electron chi connectivity index (χ1n) is 13.7. The standard InChI is InChI=1S/C31H42N2O7S/c1-30(2,3)39-28(34)17-19-38-27-16-9-8-14-24(27)23-13-10-12-22(20-23)21-26-25(32-41(7,36)37)15-11-18-33(26)29(35)40-31(4,5)6/h8-10,12-14,16-17,19-20,25-26,32H,11,15,18,21H2,1-7H3/b19-17-. The molecule has 1 heterocycles. The molecule has 2 aromatic rings. The van der Waals surface area contributed by atoms with Gasteiger partial charge in [0.15, 0.2) is 0 Å². The van der Waals surface area contributed by atoms with E-state index in [1.165, 1.54) is 12.3 Å². The Hall–Kier alpha value is -3.37.